The SMILES string of the molecule is [CH2]C(=CC)n1cccc1. The van der Waals surface area contributed by atoms with Gasteiger partial charge in [-0.3, -0.25) is 0 Å². The molecule has 1 heterocycles. The highest BCUT2D eigenvalue weighted by Gasteiger charge is 1.85. The van der Waals surface area contributed by atoms with E-state index in [0.29, 0.717) is 0 Å². The summed E-state index contributed by atoms with van der Waals surface area (Å²) in [6.07, 6.45) is 5.92. The van der Waals surface area contributed by atoms with Gasteiger partial charge in [0.1, 0.15) is 0 Å². The summed E-state index contributed by atoms with van der Waals surface area (Å²) in [6, 6.07) is 3.96. The van der Waals surface area contributed by atoms with Gasteiger partial charge in [-0.2, -0.15) is 0 Å². The molecule has 0 amide bonds. The Bertz CT molecular complexity index is 194. The van der Waals surface area contributed by atoms with Crippen molar-refractivity contribution in [1.82, 2.24) is 4.57 Å². The fourth-order valence-corrected chi connectivity index (χ4v) is 0.675. The number of hydrogen-bond donors (Lipinski definition) is 0. The first-order valence-electron chi connectivity index (χ1n) is 2.96. The van der Waals surface area contributed by atoms with Gasteiger partial charge in [0.15, 0.2) is 0 Å². The van der Waals surface area contributed by atoms with Gasteiger partial charge in [-0.1, -0.05) is 6.08 Å². The molecule has 0 aliphatic rings. The van der Waals surface area contributed by atoms with Gasteiger partial charge in [0, 0.05) is 18.1 Å². The quantitative estimate of drug-likeness (QED) is 0.535. The van der Waals surface area contributed by atoms with Gasteiger partial charge >= 0.3 is 0 Å². The van der Waals surface area contributed by atoms with Gasteiger partial charge in [0.25, 0.3) is 0 Å². The van der Waals surface area contributed by atoms with Crippen LogP contribution >= 0.6 is 0 Å². The Labute approximate surface area is 55.6 Å². The van der Waals surface area contributed by atoms with Crippen LogP contribution in [0.25, 0.3) is 5.70 Å². The van der Waals surface area contributed by atoms with E-state index in [0.717, 1.165) is 5.70 Å². The largest absolute Gasteiger partial charge is 0.328 e. The molecule has 0 aromatic carbocycles. The lowest BCUT2D eigenvalue weighted by atomic mass is 10.4. The van der Waals surface area contributed by atoms with Crippen LogP contribution in [-0.4, -0.2) is 4.57 Å². The second kappa shape index (κ2) is 2.53. The van der Waals surface area contributed by atoms with Crippen LogP contribution in [0.3, 0.4) is 0 Å². The predicted molar refractivity (Wildman–Crippen MR) is 39.7 cm³/mol. The topological polar surface area (TPSA) is 4.93 Å². The first-order valence-corrected chi connectivity index (χ1v) is 2.96. The van der Waals surface area contributed by atoms with Crippen molar-refractivity contribution in [2.45, 2.75) is 6.92 Å². The minimum atomic E-state index is 1.01. The molecule has 0 unspecified atom stereocenters. The molecule has 1 aromatic heterocycles. The molecule has 0 N–H and O–H groups in total. The molecule has 0 bridgehead atoms. The van der Waals surface area contributed by atoms with E-state index in [2.05, 4.69) is 6.92 Å². The van der Waals surface area contributed by atoms with E-state index in [1.54, 1.807) is 0 Å². The van der Waals surface area contributed by atoms with Crippen LogP contribution in [0.1, 0.15) is 6.92 Å². The van der Waals surface area contributed by atoms with Crippen LogP contribution in [0.5, 0.6) is 0 Å². The second-order valence-corrected chi connectivity index (χ2v) is 1.87. The fraction of sp³-hybridized carbons (Fsp3) is 0.125. The summed E-state index contributed by atoms with van der Waals surface area (Å²) in [5.74, 6) is 0. The molecule has 0 spiro atoms. The number of hydrogen-bond acceptors (Lipinski definition) is 0. The molecule has 1 aromatic rings. The van der Waals surface area contributed by atoms with Crippen molar-refractivity contribution < 1.29 is 0 Å². The number of aromatic nitrogens is 1. The van der Waals surface area contributed by atoms with E-state index in [-0.39, 0.29) is 0 Å². The summed E-state index contributed by atoms with van der Waals surface area (Å²) >= 11 is 0. The zero-order valence-electron chi connectivity index (χ0n) is 5.54. The van der Waals surface area contributed by atoms with Gasteiger partial charge in [0.2, 0.25) is 0 Å². The molecule has 1 heteroatoms. The van der Waals surface area contributed by atoms with E-state index in [1.807, 2.05) is 42.1 Å². The Morgan fingerprint density at radius 3 is 2.44 bits per heavy atom. The maximum Gasteiger partial charge on any atom is 0.0181 e. The van der Waals surface area contributed by atoms with E-state index in [4.69, 9.17) is 0 Å². The molecule has 0 fully saturated rings. The van der Waals surface area contributed by atoms with Crippen molar-refractivity contribution >= 4 is 5.70 Å². The first-order chi connectivity index (χ1) is 4.34. The van der Waals surface area contributed by atoms with Crippen LogP contribution in [0.15, 0.2) is 30.6 Å². The maximum absolute atomic E-state index is 3.82. The Kier molecular flexibility index (Phi) is 1.73. The predicted octanol–water partition coefficient (Wildman–Crippen LogP) is 2.18. The molecule has 0 aliphatic carbocycles. The summed E-state index contributed by atoms with van der Waals surface area (Å²) in [6.45, 7) is 5.80. The van der Waals surface area contributed by atoms with Gasteiger partial charge in [0.05, 0.1) is 0 Å². The van der Waals surface area contributed by atoms with E-state index in [9.17, 15) is 0 Å². The standard InChI is InChI=1S/C8H10N/c1-3-8(2)9-6-4-5-7-9/h3-7H,2H2,1H3. The van der Waals surface area contributed by atoms with Crippen LogP contribution < -0.4 is 0 Å². The molecule has 9 heavy (non-hydrogen) atoms. The molecule has 1 radical (unpaired) electrons. The summed E-state index contributed by atoms with van der Waals surface area (Å²) < 4.78 is 1.97. The molecule has 0 atom stereocenters. The van der Waals surface area contributed by atoms with Crippen molar-refractivity contribution in [2.75, 3.05) is 0 Å². The zero-order valence-corrected chi connectivity index (χ0v) is 5.54. The smallest absolute Gasteiger partial charge is 0.0181 e. The maximum atomic E-state index is 3.82. The minimum Gasteiger partial charge on any atom is -0.328 e. The van der Waals surface area contributed by atoms with Crippen molar-refractivity contribution in [1.29, 1.82) is 0 Å². The fourth-order valence-electron chi connectivity index (χ4n) is 0.675. The molecule has 1 rings (SSSR count). The van der Waals surface area contributed by atoms with Crippen molar-refractivity contribution in [2.24, 2.45) is 0 Å². The molecule has 0 saturated heterocycles. The van der Waals surface area contributed by atoms with Crippen molar-refractivity contribution in [3.8, 4) is 0 Å². The molecular formula is C8H10N. The third-order valence-corrected chi connectivity index (χ3v) is 1.27. The Morgan fingerprint density at radius 1 is 1.44 bits per heavy atom. The van der Waals surface area contributed by atoms with Gasteiger partial charge in [-0.15, -0.1) is 0 Å². The second-order valence-electron chi connectivity index (χ2n) is 1.87. The van der Waals surface area contributed by atoms with Crippen LogP contribution in [-0.2, 0) is 0 Å². The van der Waals surface area contributed by atoms with Crippen LogP contribution in [0.4, 0.5) is 0 Å². The highest BCUT2D eigenvalue weighted by Crippen LogP contribution is 2.00. The third-order valence-electron chi connectivity index (χ3n) is 1.27. The molecule has 1 nitrogen and oxygen atoms in total. The van der Waals surface area contributed by atoms with Crippen LogP contribution in [0, 0.1) is 6.92 Å². The molecule has 0 saturated carbocycles. The van der Waals surface area contributed by atoms with Crippen LogP contribution in [0.2, 0.25) is 0 Å². The molecule has 0 aliphatic heterocycles. The average Bonchev–Trinajstić information content (AvgIpc) is 2.37. The summed E-state index contributed by atoms with van der Waals surface area (Å²) in [5.41, 5.74) is 1.01. The molecule has 47 valence electrons. The first kappa shape index (κ1) is 6.14. The highest BCUT2D eigenvalue weighted by atomic mass is 14.9. The van der Waals surface area contributed by atoms with Crippen molar-refractivity contribution in [3.63, 3.8) is 0 Å². The van der Waals surface area contributed by atoms with Gasteiger partial charge in [-0.25, -0.2) is 0 Å². The molecular weight excluding hydrogens is 110 g/mol. The number of rotatable bonds is 1. The highest BCUT2D eigenvalue weighted by molar-refractivity contribution is 5.47. The third kappa shape index (κ3) is 1.22. The van der Waals surface area contributed by atoms with Crippen molar-refractivity contribution in [3.05, 3.63) is 37.5 Å². The van der Waals surface area contributed by atoms with E-state index in [1.165, 1.54) is 0 Å². The number of allylic oxidation sites excluding steroid dienone is 2. The Hall–Kier alpha value is -0.980. The minimum absolute atomic E-state index is 1.01. The normalized spacial score (nSPS) is 12.0. The van der Waals surface area contributed by atoms with E-state index < -0.39 is 0 Å². The zero-order chi connectivity index (χ0) is 6.69. The number of nitrogens with zero attached hydrogens (tertiary/aromatic N) is 1. The Morgan fingerprint density at radius 2 is 2.00 bits per heavy atom. The average molecular weight is 120 g/mol. The van der Waals surface area contributed by atoms with E-state index >= 15 is 0 Å². The summed E-state index contributed by atoms with van der Waals surface area (Å²) in [7, 11) is 0. The lowest BCUT2D eigenvalue weighted by Crippen LogP contribution is -1.86. The van der Waals surface area contributed by atoms with Gasteiger partial charge < -0.3 is 4.57 Å². The summed E-state index contributed by atoms with van der Waals surface area (Å²) in [4.78, 5) is 0. The monoisotopic (exact) mass is 120 g/mol. The summed E-state index contributed by atoms with van der Waals surface area (Å²) in [5, 5.41) is 0. The lowest BCUT2D eigenvalue weighted by molar-refractivity contribution is 1.12. The Balaban J connectivity index is 2.90. The lowest BCUT2D eigenvalue weighted by Gasteiger charge is -1.98. The van der Waals surface area contributed by atoms with Gasteiger partial charge in [-0.05, 0) is 26.0 Å².